The van der Waals surface area contributed by atoms with Crippen molar-refractivity contribution in [1.29, 1.82) is 0 Å². The molecule has 0 bridgehead atoms. The van der Waals surface area contributed by atoms with Crippen molar-refractivity contribution in [1.82, 2.24) is 9.80 Å². The van der Waals surface area contributed by atoms with Crippen LogP contribution in [0.3, 0.4) is 0 Å². The number of benzene rings is 2. The van der Waals surface area contributed by atoms with E-state index in [1.165, 1.54) is 0 Å². The average molecular weight is 949 g/mol. The Morgan fingerprint density at radius 1 is 0.375 bits per heavy atom. The summed E-state index contributed by atoms with van der Waals surface area (Å²) in [5.74, 6) is -2.42. The van der Waals surface area contributed by atoms with Gasteiger partial charge in [-0.2, -0.15) is 0 Å². The van der Waals surface area contributed by atoms with Crippen LogP contribution in [0, 0.1) is 0 Å². The van der Waals surface area contributed by atoms with Gasteiger partial charge in [0.15, 0.2) is 0 Å². The monoisotopic (exact) mass is 941 g/mol. The minimum atomic E-state index is -0.605. The van der Waals surface area contributed by atoms with Gasteiger partial charge in [-0.05, 0) is 127 Å². The van der Waals surface area contributed by atoms with Crippen LogP contribution in [0.2, 0.25) is 0 Å². The zero-order valence-electron chi connectivity index (χ0n) is 14.7. The predicted molar refractivity (Wildman–Crippen MR) is 145 cm³/mol. The molecule has 0 saturated heterocycles. The molecule has 164 valence electrons. The van der Waals surface area contributed by atoms with E-state index >= 15 is 0 Å². The minimum Gasteiger partial charge on any atom is -0.268 e. The van der Waals surface area contributed by atoms with Gasteiger partial charge in [0, 0.05) is 48.2 Å². The lowest BCUT2D eigenvalue weighted by molar-refractivity contribution is 0.0680. The van der Waals surface area contributed by atoms with E-state index in [1.54, 1.807) is 0 Å². The van der Waals surface area contributed by atoms with Crippen molar-refractivity contribution in [3.05, 3.63) is 70.4 Å². The van der Waals surface area contributed by atoms with Gasteiger partial charge in [-0.25, -0.2) is 9.80 Å². The number of hydrogen-bond donors (Lipinski definition) is 0. The number of carbonyl (C=O) groups is 4. The molecule has 14 heteroatoms. The molecule has 0 saturated carbocycles. The van der Waals surface area contributed by atoms with E-state index in [1.807, 2.05) is 0 Å². The first-order valence-corrected chi connectivity index (χ1v) is 14.4. The molecule has 0 N–H and O–H groups in total. The van der Waals surface area contributed by atoms with Crippen LogP contribution in [0.15, 0.2) is 48.2 Å². The van der Waals surface area contributed by atoms with Gasteiger partial charge in [-0.3, -0.25) is 19.2 Å². The molecule has 0 fully saturated rings. The molecule has 2 aromatic rings. The molecule has 0 atom stereocenters. The summed E-state index contributed by atoms with van der Waals surface area (Å²) in [7, 11) is 0. The molecule has 4 amide bonds. The Kier molecular flexibility index (Phi) is 7.19. The van der Waals surface area contributed by atoms with Gasteiger partial charge >= 0.3 is 0 Å². The Bertz CT molecular complexity index is 1160. The topological polar surface area (TPSA) is 74.8 Å². The van der Waals surface area contributed by atoms with Crippen molar-refractivity contribution in [2.75, 3.05) is 0 Å². The number of fused-ring (bicyclic) bond motifs is 2. The summed E-state index contributed by atoms with van der Waals surface area (Å²) in [6, 6.07) is 0. The molecule has 0 aliphatic carbocycles. The van der Waals surface area contributed by atoms with Crippen molar-refractivity contribution < 1.29 is 19.2 Å². The Morgan fingerprint density at radius 2 is 0.562 bits per heavy atom. The van der Waals surface area contributed by atoms with Crippen molar-refractivity contribution >= 4 is 151 Å². The second kappa shape index (κ2) is 9.07. The molecule has 0 aromatic heterocycles. The lowest BCUT2D eigenvalue weighted by Crippen LogP contribution is -2.28. The number of nitrogens with zero attached hydrogens (tertiary/aromatic N) is 2. The second-order valence-corrected chi connectivity index (χ2v) is 12.6. The lowest BCUT2D eigenvalue weighted by Gasteiger charge is -2.11. The number of amides is 4. The van der Waals surface area contributed by atoms with E-state index < -0.39 is 23.6 Å². The van der Waals surface area contributed by atoms with Gasteiger partial charge in [-0.1, -0.05) is 0 Å². The van der Waals surface area contributed by atoms with Gasteiger partial charge in [0.2, 0.25) is 0 Å². The molecule has 0 radical (unpaired) electrons. The van der Waals surface area contributed by atoms with Crippen molar-refractivity contribution in [3.8, 4) is 0 Å². The maximum absolute atomic E-state index is 13.0. The molecule has 6 nitrogen and oxygen atoms in total. The summed E-state index contributed by atoms with van der Waals surface area (Å²) >= 11 is 26.8. The van der Waals surface area contributed by atoms with Crippen LogP contribution in [-0.2, 0) is 0 Å². The Hall–Kier alpha value is 0.300. The maximum Gasteiger partial charge on any atom is 0.266 e. The summed E-state index contributed by atoms with van der Waals surface area (Å²) < 4.78 is 3.84. The molecular weight excluding hydrogens is 947 g/mol. The molecule has 0 unspecified atom stereocenters. The largest absolute Gasteiger partial charge is 0.268 e. The van der Waals surface area contributed by atoms with E-state index in [2.05, 4.69) is 127 Å². The van der Waals surface area contributed by atoms with Gasteiger partial charge in [0.1, 0.15) is 0 Å². The summed E-state index contributed by atoms with van der Waals surface area (Å²) in [5, 5.41) is 0. The SMILES string of the molecule is O=C1c2c(Br)c(Br)c(Br)c(Br)c2C(=O)N1C=CN1C(=O)c2c(Br)c(Br)c(Br)c(Br)c2C1=O. The predicted octanol–water partition coefficient (Wildman–Crippen LogP) is 8.15. The number of halogens is 8. The standard InChI is InChI=1S/C18H2Br8N2O4/c19-7-3-4(8(20)12(24)11(7)23)16(30)27(15(3)29)1-2-28-17(31)5-6(18(28)32)10(22)14(26)13(25)9(5)21/h1-2H. The van der Waals surface area contributed by atoms with Crippen LogP contribution in [0.25, 0.3) is 0 Å². The fourth-order valence-corrected chi connectivity index (χ4v) is 8.05. The fraction of sp³-hybridized carbons (Fsp3) is 0. The zero-order valence-corrected chi connectivity index (χ0v) is 27.4. The van der Waals surface area contributed by atoms with Gasteiger partial charge < -0.3 is 0 Å². The normalized spacial score (nSPS) is 15.5. The Morgan fingerprint density at radius 3 is 0.750 bits per heavy atom. The van der Waals surface area contributed by atoms with Gasteiger partial charge in [-0.15, -0.1) is 0 Å². The smallest absolute Gasteiger partial charge is 0.266 e. The van der Waals surface area contributed by atoms with Crippen LogP contribution in [0.5, 0.6) is 0 Å². The number of rotatable bonds is 2. The molecule has 2 heterocycles. The third kappa shape index (κ3) is 3.58. The number of hydrogen-bond acceptors (Lipinski definition) is 4. The van der Waals surface area contributed by atoms with Crippen LogP contribution in [0.1, 0.15) is 41.4 Å². The molecule has 2 aliphatic rings. The summed E-state index contributed by atoms with van der Waals surface area (Å²) in [5.41, 5.74) is 0.620. The van der Waals surface area contributed by atoms with Crippen molar-refractivity contribution in [2.45, 2.75) is 0 Å². The van der Waals surface area contributed by atoms with E-state index in [9.17, 15) is 19.2 Å². The highest BCUT2D eigenvalue weighted by Gasteiger charge is 2.42. The molecule has 2 aromatic carbocycles. The average Bonchev–Trinajstić information content (AvgIpc) is 3.15. The Balaban J connectivity index is 1.75. The van der Waals surface area contributed by atoms with E-state index in [0.29, 0.717) is 35.8 Å². The third-order valence-electron chi connectivity index (χ3n) is 4.63. The highest BCUT2D eigenvalue weighted by molar-refractivity contribution is 9.15. The molecule has 32 heavy (non-hydrogen) atoms. The molecule has 4 rings (SSSR count). The second-order valence-electron chi connectivity index (χ2n) is 6.27. The maximum atomic E-state index is 13.0. The molecular formula is C18H2Br8N2O4. The Labute approximate surface area is 247 Å². The van der Waals surface area contributed by atoms with E-state index in [4.69, 9.17) is 0 Å². The first kappa shape index (κ1) is 25.4. The van der Waals surface area contributed by atoms with Crippen molar-refractivity contribution in [2.24, 2.45) is 0 Å². The minimum absolute atomic E-state index is 0.155. The lowest BCUT2D eigenvalue weighted by atomic mass is 10.1. The quantitative estimate of drug-likeness (QED) is 0.173. The first-order valence-electron chi connectivity index (χ1n) is 8.07. The fourth-order valence-electron chi connectivity index (χ4n) is 3.14. The summed E-state index contributed by atoms with van der Waals surface area (Å²) in [6.07, 6.45) is 2.22. The molecule has 0 spiro atoms. The highest BCUT2D eigenvalue weighted by Crippen LogP contribution is 2.47. The third-order valence-corrected chi connectivity index (χ3v) is 14.2. The summed E-state index contributed by atoms with van der Waals surface area (Å²) in [4.78, 5) is 53.6. The summed E-state index contributed by atoms with van der Waals surface area (Å²) in [6.45, 7) is 0. The first-order chi connectivity index (χ1) is 14.9. The highest BCUT2D eigenvalue weighted by atomic mass is 79.9. The van der Waals surface area contributed by atoms with Crippen LogP contribution < -0.4 is 0 Å². The molecule has 2 aliphatic heterocycles. The number of imide groups is 2. The van der Waals surface area contributed by atoms with Gasteiger partial charge in [0.05, 0.1) is 22.3 Å². The van der Waals surface area contributed by atoms with Gasteiger partial charge in [0.25, 0.3) is 23.6 Å². The zero-order chi connectivity index (χ0) is 23.8. The van der Waals surface area contributed by atoms with Crippen molar-refractivity contribution in [3.63, 3.8) is 0 Å². The van der Waals surface area contributed by atoms with E-state index in [-0.39, 0.29) is 22.3 Å². The van der Waals surface area contributed by atoms with Crippen LogP contribution in [0.4, 0.5) is 0 Å². The number of carbonyl (C=O) groups excluding carboxylic acids is 4. The van der Waals surface area contributed by atoms with Crippen LogP contribution >= 0.6 is 127 Å². The van der Waals surface area contributed by atoms with Crippen LogP contribution in [-0.4, -0.2) is 33.4 Å². The van der Waals surface area contributed by atoms with E-state index in [0.717, 1.165) is 22.2 Å².